The number of rotatable bonds is 6. The fourth-order valence-corrected chi connectivity index (χ4v) is 5.89. The molecule has 1 aromatic heterocycles. The van der Waals surface area contributed by atoms with Gasteiger partial charge < -0.3 is 10.2 Å². The van der Waals surface area contributed by atoms with Crippen LogP contribution in [-0.4, -0.2) is 33.2 Å². The highest BCUT2D eigenvalue weighted by Crippen LogP contribution is 2.36. The molecule has 1 N–H and O–H groups in total. The van der Waals surface area contributed by atoms with E-state index >= 15 is 0 Å². The van der Waals surface area contributed by atoms with E-state index in [9.17, 15) is 9.59 Å². The Morgan fingerprint density at radius 2 is 1.66 bits per heavy atom. The van der Waals surface area contributed by atoms with Crippen LogP contribution < -0.4 is 5.32 Å². The topological polar surface area (TPSA) is 62.3 Å². The fourth-order valence-electron chi connectivity index (χ4n) is 4.90. The van der Waals surface area contributed by atoms with Crippen molar-refractivity contribution in [2.75, 3.05) is 0 Å². The SMILES string of the molecule is Cc1ccc([C@H](C(=O)NC2CCCC2)N(C(=O)c2nsc(Cl)c2Cl)C2CCCCC2)cc1. The molecular weight excluding hydrogens is 465 g/mol. The van der Waals surface area contributed by atoms with Crippen LogP contribution >= 0.6 is 34.7 Å². The largest absolute Gasteiger partial charge is 0.351 e. The van der Waals surface area contributed by atoms with Crippen LogP contribution in [-0.2, 0) is 4.79 Å². The van der Waals surface area contributed by atoms with Gasteiger partial charge in [-0.1, -0.05) is 85.1 Å². The zero-order chi connectivity index (χ0) is 22.7. The van der Waals surface area contributed by atoms with Gasteiger partial charge in [-0.2, -0.15) is 4.37 Å². The lowest BCUT2D eigenvalue weighted by Gasteiger charge is -2.39. The van der Waals surface area contributed by atoms with E-state index in [1.807, 2.05) is 31.2 Å². The van der Waals surface area contributed by atoms with Crippen molar-refractivity contribution in [3.05, 3.63) is 50.4 Å². The second-order valence-electron chi connectivity index (χ2n) is 8.93. The molecule has 4 rings (SSSR count). The molecule has 8 heteroatoms. The van der Waals surface area contributed by atoms with E-state index in [-0.39, 0.29) is 34.6 Å². The minimum absolute atomic E-state index is 0.0478. The molecule has 0 aliphatic heterocycles. The van der Waals surface area contributed by atoms with Gasteiger partial charge in [0.15, 0.2) is 5.69 Å². The van der Waals surface area contributed by atoms with Crippen molar-refractivity contribution in [1.82, 2.24) is 14.6 Å². The first-order valence-electron chi connectivity index (χ1n) is 11.5. The highest BCUT2D eigenvalue weighted by molar-refractivity contribution is 7.11. The van der Waals surface area contributed by atoms with Crippen molar-refractivity contribution < 1.29 is 9.59 Å². The van der Waals surface area contributed by atoms with Crippen molar-refractivity contribution in [3.63, 3.8) is 0 Å². The zero-order valence-electron chi connectivity index (χ0n) is 18.3. The monoisotopic (exact) mass is 493 g/mol. The smallest absolute Gasteiger partial charge is 0.276 e. The van der Waals surface area contributed by atoms with Gasteiger partial charge in [0.1, 0.15) is 15.4 Å². The Balaban J connectivity index is 1.75. The third-order valence-corrected chi connectivity index (χ3v) is 8.23. The minimum Gasteiger partial charge on any atom is -0.351 e. The van der Waals surface area contributed by atoms with E-state index in [0.717, 1.165) is 80.4 Å². The molecule has 2 aliphatic rings. The van der Waals surface area contributed by atoms with E-state index in [0.29, 0.717) is 4.34 Å². The summed E-state index contributed by atoms with van der Waals surface area (Å²) >= 11 is 13.5. The molecule has 172 valence electrons. The number of aromatic nitrogens is 1. The van der Waals surface area contributed by atoms with Crippen LogP contribution in [0.2, 0.25) is 9.36 Å². The molecule has 0 radical (unpaired) electrons. The number of benzene rings is 1. The van der Waals surface area contributed by atoms with Crippen LogP contribution in [0.3, 0.4) is 0 Å². The molecule has 0 saturated heterocycles. The van der Waals surface area contributed by atoms with Crippen LogP contribution in [0.4, 0.5) is 0 Å². The molecule has 1 atom stereocenters. The van der Waals surface area contributed by atoms with E-state index in [2.05, 4.69) is 9.69 Å². The number of aryl methyl sites for hydroxylation is 1. The maximum absolute atomic E-state index is 13.8. The lowest BCUT2D eigenvalue weighted by atomic mass is 9.91. The number of carbonyl (C=O) groups excluding carboxylic acids is 2. The molecule has 0 bridgehead atoms. The van der Waals surface area contributed by atoms with Crippen LogP contribution in [0, 0.1) is 6.92 Å². The molecule has 2 aliphatic carbocycles. The fraction of sp³-hybridized carbons (Fsp3) is 0.542. The van der Waals surface area contributed by atoms with E-state index in [1.165, 1.54) is 0 Å². The maximum atomic E-state index is 13.8. The first-order valence-corrected chi connectivity index (χ1v) is 13.0. The lowest BCUT2D eigenvalue weighted by molar-refractivity contribution is -0.127. The first-order chi connectivity index (χ1) is 15.5. The van der Waals surface area contributed by atoms with Crippen molar-refractivity contribution in [3.8, 4) is 0 Å². The molecule has 0 spiro atoms. The highest BCUT2D eigenvalue weighted by atomic mass is 35.5. The van der Waals surface area contributed by atoms with Gasteiger partial charge in [-0.15, -0.1) is 0 Å². The van der Waals surface area contributed by atoms with Crippen molar-refractivity contribution >= 4 is 46.5 Å². The summed E-state index contributed by atoms with van der Waals surface area (Å²) in [6.45, 7) is 2.01. The van der Waals surface area contributed by atoms with Crippen LogP contribution in [0.5, 0.6) is 0 Å². The highest BCUT2D eigenvalue weighted by Gasteiger charge is 2.39. The van der Waals surface area contributed by atoms with Crippen LogP contribution in [0.15, 0.2) is 24.3 Å². The summed E-state index contributed by atoms with van der Waals surface area (Å²) in [5.41, 5.74) is 2.05. The summed E-state index contributed by atoms with van der Waals surface area (Å²) in [5, 5.41) is 3.40. The van der Waals surface area contributed by atoms with Gasteiger partial charge in [-0.25, -0.2) is 0 Å². The summed E-state index contributed by atoms with van der Waals surface area (Å²) in [4.78, 5) is 29.3. The first kappa shape index (κ1) is 23.5. The van der Waals surface area contributed by atoms with Gasteiger partial charge in [0.25, 0.3) is 5.91 Å². The lowest BCUT2D eigenvalue weighted by Crippen LogP contribution is -2.50. The summed E-state index contributed by atoms with van der Waals surface area (Å²) in [6.07, 6.45) is 9.15. The Hall–Kier alpha value is -1.63. The van der Waals surface area contributed by atoms with Gasteiger partial charge in [0.05, 0.1) is 0 Å². The number of halogens is 2. The molecule has 2 amide bonds. The Bertz CT molecular complexity index is 951. The zero-order valence-corrected chi connectivity index (χ0v) is 20.6. The number of nitrogens with one attached hydrogen (secondary N) is 1. The molecule has 1 aromatic carbocycles. The van der Waals surface area contributed by atoms with Crippen LogP contribution in [0.25, 0.3) is 0 Å². The third-order valence-electron chi connectivity index (χ3n) is 6.62. The normalized spacial score (nSPS) is 18.5. The van der Waals surface area contributed by atoms with Crippen molar-refractivity contribution in [2.45, 2.75) is 82.8 Å². The Kier molecular flexibility index (Phi) is 7.74. The maximum Gasteiger partial charge on any atom is 0.276 e. The predicted molar refractivity (Wildman–Crippen MR) is 129 cm³/mol. The van der Waals surface area contributed by atoms with Gasteiger partial charge in [-0.3, -0.25) is 9.59 Å². The molecular formula is C24H29Cl2N3O2S. The summed E-state index contributed by atoms with van der Waals surface area (Å²) in [7, 11) is 0. The Labute approximate surface area is 203 Å². The second kappa shape index (κ2) is 10.5. The quantitative estimate of drug-likeness (QED) is 0.510. The Morgan fingerprint density at radius 1 is 1.03 bits per heavy atom. The van der Waals surface area contributed by atoms with Gasteiger partial charge in [0, 0.05) is 12.1 Å². The molecule has 1 heterocycles. The predicted octanol–water partition coefficient (Wildman–Crippen LogP) is 6.33. The summed E-state index contributed by atoms with van der Waals surface area (Å²) < 4.78 is 4.53. The van der Waals surface area contributed by atoms with Gasteiger partial charge >= 0.3 is 0 Å². The van der Waals surface area contributed by atoms with Crippen LogP contribution in [0.1, 0.15) is 85.4 Å². The number of amides is 2. The number of hydrogen-bond acceptors (Lipinski definition) is 4. The van der Waals surface area contributed by atoms with E-state index < -0.39 is 6.04 Å². The molecule has 5 nitrogen and oxygen atoms in total. The minimum atomic E-state index is -0.733. The molecule has 0 unspecified atom stereocenters. The third kappa shape index (κ3) is 5.13. The number of nitrogens with zero attached hydrogens (tertiary/aromatic N) is 2. The number of hydrogen-bond donors (Lipinski definition) is 1. The van der Waals surface area contributed by atoms with Gasteiger partial charge in [0.2, 0.25) is 5.91 Å². The van der Waals surface area contributed by atoms with Crippen molar-refractivity contribution in [2.24, 2.45) is 0 Å². The Morgan fingerprint density at radius 3 is 2.25 bits per heavy atom. The standard InChI is InChI=1S/C24H29Cl2N3O2S/c1-15-11-13-16(14-12-15)21(23(30)27-17-7-5-6-8-17)29(18-9-3-2-4-10-18)24(31)20-19(25)22(26)32-28-20/h11-14,17-18,21H,2-10H2,1H3,(H,27,30)/t21-/m1/s1. The summed E-state index contributed by atoms with van der Waals surface area (Å²) in [6, 6.07) is 7.26. The number of carbonyl (C=O) groups is 2. The van der Waals surface area contributed by atoms with E-state index in [4.69, 9.17) is 23.2 Å². The average molecular weight is 494 g/mol. The van der Waals surface area contributed by atoms with E-state index in [1.54, 1.807) is 4.90 Å². The second-order valence-corrected chi connectivity index (χ2v) is 10.7. The molecule has 32 heavy (non-hydrogen) atoms. The van der Waals surface area contributed by atoms with Crippen molar-refractivity contribution in [1.29, 1.82) is 0 Å². The molecule has 2 aromatic rings. The average Bonchev–Trinajstić information content (AvgIpc) is 3.43. The molecule has 2 fully saturated rings. The molecule has 2 saturated carbocycles. The summed E-state index contributed by atoms with van der Waals surface area (Å²) in [5.74, 6) is -0.450. The van der Waals surface area contributed by atoms with Gasteiger partial charge in [-0.05, 0) is 49.7 Å².